The van der Waals surface area contributed by atoms with Crippen molar-refractivity contribution in [3.8, 4) is 0 Å². The first kappa shape index (κ1) is 25.4. The Morgan fingerprint density at radius 1 is 1.26 bits per heavy atom. The summed E-state index contributed by atoms with van der Waals surface area (Å²) >= 11 is 0. The summed E-state index contributed by atoms with van der Waals surface area (Å²) in [5.41, 5.74) is 3.39. The third kappa shape index (κ3) is 5.14. The monoisotopic (exact) mass is 490 g/mol. The van der Waals surface area contributed by atoms with Gasteiger partial charge < -0.3 is 14.6 Å². The van der Waals surface area contributed by atoms with Gasteiger partial charge in [-0.25, -0.2) is 9.83 Å². The van der Waals surface area contributed by atoms with Gasteiger partial charge in [-0.15, -0.1) is 0 Å². The van der Waals surface area contributed by atoms with Gasteiger partial charge in [-0.2, -0.15) is 0 Å². The van der Waals surface area contributed by atoms with Gasteiger partial charge in [0.15, 0.2) is 14.0 Å². The number of fused-ring (bicyclic) bond motifs is 1. The van der Waals surface area contributed by atoms with E-state index in [1.165, 1.54) is 0 Å². The smallest absolute Gasteiger partial charge is 0.224 e. The van der Waals surface area contributed by atoms with Gasteiger partial charge >= 0.3 is 0 Å². The van der Waals surface area contributed by atoms with Gasteiger partial charge in [-0.05, 0) is 66.7 Å². The molecule has 3 atom stereocenters. The molecule has 0 radical (unpaired) electrons. The highest BCUT2D eigenvalue weighted by Crippen LogP contribution is 2.50. The largest absolute Gasteiger partial charge is 0.411 e. The van der Waals surface area contributed by atoms with Crippen molar-refractivity contribution in [2.45, 2.75) is 84.3 Å². The van der Waals surface area contributed by atoms with E-state index < -0.39 is 8.32 Å². The lowest BCUT2D eigenvalue weighted by atomic mass is 9.79. The molecule has 2 heterocycles. The Hall–Kier alpha value is -2.69. The zero-order valence-electron chi connectivity index (χ0n) is 22.1. The average Bonchev–Trinajstić information content (AvgIpc) is 3.63. The third-order valence-corrected chi connectivity index (χ3v) is 12.5. The van der Waals surface area contributed by atoms with Crippen LogP contribution in [0.3, 0.4) is 0 Å². The van der Waals surface area contributed by atoms with Crippen LogP contribution in [-0.2, 0) is 15.8 Å². The van der Waals surface area contributed by atoms with Crippen LogP contribution in [0.2, 0.25) is 18.1 Å². The minimum absolute atomic E-state index is 0.0445. The lowest BCUT2D eigenvalue weighted by Crippen LogP contribution is -2.51. The molecule has 4 rings (SSSR count). The summed E-state index contributed by atoms with van der Waals surface area (Å²) in [6.07, 6.45) is 2.30. The first-order chi connectivity index (χ1) is 16.4. The summed E-state index contributed by atoms with van der Waals surface area (Å²) < 4.78 is 6.40. The second kappa shape index (κ2) is 9.40. The van der Waals surface area contributed by atoms with Crippen molar-refractivity contribution in [1.29, 1.82) is 0 Å². The Morgan fingerprint density at radius 2 is 1.97 bits per heavy atom. The number of nitrogens with zero attached hydrogens (tertiary/aromatic N) is 3. The Morgan fingerprint density at radius 3 is 2.57 bits per heavy atom. The average molecular weight is 491 g/mol. The quantitative estimate of drug-likeness (QED) is 0.347. The molecule has 186 valence electrons. The maximum absolute atomic E-state index is 12.8. The SMILES string of the molecule is [C-]#[N+]c1ccc2c(c1)[C@H](Nc1cccc(CO[Si](C)(C)C(C)(C)C)n1)[C@@H](C)[C@H](C1CC1)N2C(C)=O. The van der Waals surface area contributed by atoms with Gasteiger partial charge in [0.05, 0.1) is 24.9 Å². The highest BCUT2D eigenvalue weighted by molar-refractivity contribution is 6.74. The maximum atomic E-state index is 12.8. The van der Waals surface area contributed by atoms with Gasteiger partial charge in [-0.3, -0.25) is 4.79 Å². The number of carbonyl (C=O) groups excluding carboxylic acids is 1. The molecule has 0 unspecified atom stereocenters. The number of benzene rings is 1. The standard InChI is InChI=1S/C28H38N4O2Si/c1-18-26(31-25-11-9-10-22(30-25)17-34-35(7,8)28(3,4)5)23-16-21(29-6)14-15-24(23)32(19(2)33)27(18)20-12-13-20/h9-11,14-16,18,20,26-27H,12-13,17H2,1-5,7-8H3,(H,30,31)/t18-,26-,27-/m1/s1. The summed E-state index contributed by atoms with van der Waals surface area (Å²) in [6.45, 7) is 23.1. The number of hydrogen-bond acceptors (Lipinski definition) is 4. The lowest BCUT2D eigenvalue weighted by Gasteiger charge is -2.46. The Balaban J connectivity index is 1.64. The van der Waals surface area contributed by atoms with Gasteiger partial charge in [0.25, 0.3) is 0 Å². The Kier molecular flexibility index (Phi) is 6.82. The first-order valence-electron chi connectivity index (χ1n) is 12.6. The molecule has 0 saturated heterocycles. The van der Waals surface area contributed by atoms with Crippen LogP contribution in [0, 0.1) is 18.4 Å². The molecule has 1 aliphatic heterocycles. The number of aromatic nitrogens is 1. The molecule has 1 aliphatic carbocycles. The number of anilines is 2. The fourth-order valence-corrected chi connectivity index (χ4v) is 5.83. The van der Waals surface area contributed by atoms with Crippen LogP contribution in [0.5, 0.6) is 0 Å². The molecule has 6 nitrogen and oxygen atoms in total. The zero-order valence-corrected chi connectivity index (χ0v) is 23.1. The molecule has 1 N–H and O–H groups in total. The van der Waals surface area contributed by atoms with Crippen LogP contribution in [0.15, 0.2) is 36.4 Å². The second-order valence-electron chi connectivity index (χ2n) is 11.6. The van der Waals surface area contributed by atoms with E-state index in [2.05, 4.69) is 51.0 Å². The predicted molar refractivity (Wildman–Crippen MR) is 144 cm³/mol. The summed E-state index contributed by atoms with van der Waals surface area (Å²) in [6, 6.07) is 11.8. The highest BCUT2D eigenvalue weighted by Gasteiger charge is 2.47. The maximum Gasteiger partial charge on any atom is 0.224 e. The van der Waals surface area contributed by atoms with Crippen molar-refractivity contribution in [3.63, 3.8) is 0 Å². The normalized spacial score (nSPS) is 22.3. The minimum Gasteiger partial charge on any atom is -0.411 e. The van der Waals surface area contributed by atoms with Crippen molar-refractivity contribution in [2.75, 3.05) is 10.2 Å². The number of carbonyl (C=O) groups is 1. The Labute approximate surface area is 211 Å². The fourth-order valence-electron chi connectivity index (χ4n) is 4.89. The van der Waals surface area contributed by atoms with Gasteiger partial charge in [0, 0.05) is 24.6 Å². The number of amides is 1. The number of nitrogens with one attached hydrogen (secondary N) is 1. The molecule has 1 aromatic heterocycles. The van der Waals surface area contributed by atoms with E-state index in [9.17, 15) is 4.79 Å². The van der Waals surface area contributed by atoms with Crippen LogP contribution >= 0.6 is 0 Å². The van der Waals surface area contributed by atoms with E-state index in [-0.39, 0.29) is 28.9 Å². The van der Waals surface area contributed by atoms with Gasteiger partial charge in [0.2, 0.25) is 5.91 Å². The number of rotatable bonds is 6. The molecule has 2 aliphatic rings. The van der Waals surface area contributed by atoms with Gasteiger partial charge in [-0.1, -0.05) is 39.8 Å². The van der Waals surface area contributed by atoms with E-state index in [0.717, 1.165) is 35.6 Å². The molecular formula is C28H38N4O2Si. The van der Waals surface area contributed by atoms with Crippen LogP contribution < -0.4 is 10.2 Å². The zero-order chi connectivity index (χ0) is 25.5. The van der Waals surface area contributed by atoms with Crippen molar-refractivity contribution < 1.29 is 9.22 Å². The van der Waals surface area contributed by atoms with Crippen molar-refractivity contribution >= 4 is 31.4 Å². The predicted octanol–water partition coefficient (Wildman–Crippen LogP) is 7.09. The Bertz CT molecular complexity index is 1150. The fraction of sp³-hybridized carbons (Fsp3) is 0.536. The topological polar surface area (TPSA) is 58.8 Å². The molecule has 1 fully saturated rings. The summed E-state index contributed by atoms with van der Waals surface area (Å²) in [5, 5.41) is 3.83. The number of hydrogen-bond donors (Lipinski definition) is 1. The molecule has 35 heavy (non-hydrogen) atoms. The summed E-state index contributed by atoms with van der Waals surface area (Å²) in [4.78, 5) is 23.3. The lowest BCUT2D eigenvalue weighted by molar-refractivity contribution is -0.117. The highest BCUT2D eigenvalue weighted by atomic mass is 28.4. The third-order valence-electron chi connectivity index (χ3n) is 8.04. The van der Waals surface area contributed by atoms with Crippen LogP contribution in [0.25, 0.3) is 4.85 Å². The van der Waals surface area contributed by atoms with E-state index in [0.29, 0.717) is 18.2 Å². The van der Waals surface area contributed by atoms with Gasteiger partial charge in [0.1, 0.15) is 5.82 Å². The minimum atomic E-state index is -1.88. The first-order valence-corrected chi connectivity index (χ1v) is 15.5. The van der Waals surface area contributed by atoms with E-state index in [1.807, 2.05) is 41.3 Å². The summed E-state index contributed by atoms with van der Waals surface area (Å²) in [7, 11) is -1.88. The molecule has 2 aromatic rings. The van der Waals surface area contributed by atoms with Crippen LogP contribution in [-0.4, -0.2) is 25.3 Å². The molecule has 7 heteroatoms. The van der Waals surface area contributed by atoms with Crippen molar-refractivity contribution in [1.82, 2.24) is 4.98 Å². The van der Waals surface area contributed by atoms with E-state index >= 15 is 0 Å². The van der Waals surface area contributed by atoms with Crippen molar-refractivity contribution in [3.05, 3.63) is 59.1 Å². The van der Waals surface area contributed by atoms with E-state index in [4.69, 9.17) is 16.0 Å². The van der Waals surface area contributed by atoms with E-state index in [1.54, 1.807) is 6.92 Å². The van der Waals surface area contributed by atoms with Crippen LogP contribution in [0.1, 0.15) is 64.8 Å². The molecular weight excluding hydrogens is 452 g/mol. The van der Waals surface area contributed by atoms with Crippen molar-refractivity contribution in [2.24, 2.45) is 11.8 Å². The molecule has 1 amide bonds. The van der Waals surface area contributed by atoms with Crippen LogP contribution in [0.4, 0.5) is 17.2 Å². The molecule has 1 aromatic carbocycles. The second-order valence-corrected chi connectivity index (χ2v) is 16.4. The molecule has 1 saturated carbocycles. The summed E-state index contributed by atoms with van der Waals surface area (Å²) in [5.74, 6) is 1.55. The number of pyridine rings is 1. The molecule has 0 bridgehead atoms. The molecule has 0 spiro atoms.